The number of alkyl halides is 6. The minimum absolute atomic E-state index is 0.147. The number of carbonyl (C=O) groups excluding carboxylic acids is 1. The van der Waals surface area contributed by atoms with Gasteiger partial charge >= 0.3 is 18.7 Å². The molecule has 3 rings (SSSR count). The lowest BCUT2D eigenvalue weighted by atomic mass is 10.0. The second-order valence-corrected chi connectivity index (χ2v) is 6.21. The maximum absolute atomic E-state index is 12.8. The molecule has 0 N–H and O–H groups in total. The molecule has 0 aliphatic heterocycles. The molecule has 0 fully saturated rings. The lowest BCUT2D eigenvalue weighted by Crippen LogP contribution is -2.18. The summed E-state index contributed by atoms with van der Waals surface area (Å²) < 4.78 is 89.6. The molecular weight excluding hydrogens is 444 g/mol. The summed E-state index contributed by atoms with van der Waals surface area (Å²) in [5.41, 5.74) is -0.776. The number of carbonyl (C=O) groups is 1. The van der Waals surface area contributed by atoms with Gasteiger partial charge in [0.2, 0.25) is 0 Å². The molecule has 5 nitrogen and oxygen atoms in total. The summed E-state index contributed by atoms with van der Waals surface area (Å²) in [6.45, 7) is 0. The summed E-state index contributed by atoms with van der Waals surface area (Å²) in [5.74, 6) is -2.10. The van der Waals surface area contributed by atoms with E-state index >= 15 is 0 Å². The number of para-hydroxylation sites is 2. The fraction of sp³-hybridized carbons (Fsp3) is 0.143. The highest BCUT2D eigenvalue weighted by Crippen LogP contribution is 2.37. The molecule has 2 aromatic carbocycles. The molecule has 1 heterocycles. The number of nitrogens with zero attached hydrogens (tertiary/aromatic N) is 1. The molecule has 0 spiro atoms. The fourth-order valence-electron chi connectivity index (χ4n) is 2.83. The van der Waals surface area contributed by atoms with Crippen molar-refractivity contribution in [3.63, 3.8) is 0 Å². The first-order chi connectivity index (χ1) is 15.0. The summed E-state index contributed by atoms with van der Waals surface area (Å²) in [6.07, 6.45) is -10.0. The van der Waals surface area contributed by atoms with E-state index in [1.54, 1.807) is 0 Å². The van der Waals surface area contributed by atoms with Crippen molar-refractivity contribution in [1.82, 2.24) is 4.98 Å². The van der Waals surface area contributed by atoms with Gasteiger partial charge in [-0.25, -0.2) is 9.78 Å². The molecule has 1 aromatic heterocycles. The van der Waals surface area contributed by atoms with Gasteiger partial charge in [0.25, 0.3) is 0 Å². The largest absolute Gasteiger partial charge is 0.573 e. The van der Waals surface area contributed by atoms with E-state index in [0.717, 1.165) is 31.4 Å². The first-order valence-electron chi connectivity index (χ1n) is 8.77. The van der Waals surface area contributed by atoms with E-state index in [4.69, 9.17) is 0 Å². The third-order valence-corrected chi connectivity index (χ3v) is 4.02. The minimum Gasteiger partial charge on any atom is -0.465 e. The SMILES string of the molecule is COC(=O)c1cc(-c2ccccc2OC(F)(F)F)nc(-c2ccccc2OC(F)(F)F)c1. The van der Waals surface area contributed by atoms with Crippen molar-refractivity contribution in [2.75, 3.05) is 7.11 Å². The number of hydrogen-bond donors (Lipinski definition) is 0. The number of ether oxygens (including phenoxy) is 3. The molecule has 0 atom stereocenters. The molecule has 0 amide bonds. The third kappa shape index (κ3) is 5.68. The molecule has 0 saturated carbocycles. The Hall–Kier alpha value is -3.76. The fourth-order valence-corrected chi connectivity index (χ4v) is 2.83. The highest BCUT2D eigenvalue weighted by molar-refractivity contribution is 5.92. The van der Waals surface area contributed by atoms with Gasteiger partial charge in [-0.1, -0.05) is 24.3 Å². The van der Waals surface area contributed by atoms with Gasteiger partial charge in [-0.15, -0.1) is 26.3 Å². The average Bonchev–Trinajstić information content (AvgIpc) is 2.71. The third-order valence-electron chi connectivity index (χ3n) is 4.02. The number of benzene rings is 2. The Morgan fingerprint density at radius 3 is 1.53 bits per heavy atom. The summed E-state index contributed by atoms with van der Waals surface area (Å²) in [4.78, 5) is 16.3. The van der Waals surface area contributed by atoms with Gasteiger partial charge in [-0.3, -0.25) is 0 Å². The number of rotatable bonds is 5. The number of aromatic nitrogens is 1. The van der Waals surface area contributed by atoms with E-state index < -0.39 is 30.2 Å². The summed E-state index contributed by atoms with van der Waals surface area (Å²) in [6, 6.07) is 12.3. The Bertz CT molecular complexity index is 1050. The van der Waals surface area contributed by atoms with Crippen LogP contribution < -0.4 is 9.47 Å². The van der Waals surface area contributed by atoms with Crippen LogP contribution in [0.15, 0.2) is 60.7 Å². The number of hydrogen-bond acceptors (Lipinski definition) is 5. The van der Waals surface area contributed by atoms with Crippen molar-refractivity contribution in [2.24, 2.45) is 0 Å². The molecule has 168 valence electrons. The molecule has 11 heteroatoms. The van der Waals surface area contributed by atoms with Crippen LogP contribution in [0, 0.1) is 0 Å². The molecule has 32 heavy (non-hydrogen) atoms. The predicted molar refractivity (Wildman–Crippen MR) is 99.8 cm³/mol. The van der Waals surface area contributed by atoms with E-state index in [-0.39, 0.29) is 28.1 Å². The molecular formula is C21H13F6NO4. The molecule has 0 aliphatic carbocycles. The first-order valence-corrected chi connectivity index (χ1v) is 8.77. The van der Waals surface area contributed by atoms with Crippen molar-refractivity contribution >= 4 is 5.97 Å². The van der Waals surface area contributed by atoms with Crippen LogP contribution in [0.4, 0.5) is 26.3 Å². The first kappa shape index (κ1) is 22.9. The normalized spacial score (nSPS) is 11.7. The molecule has 0 radical (unpaired) electrons. The quantitative estimate of drug-likeness (QED) is 0.348. The Morgan fingerprint density at radius 1 is 0.750 bits per heavy atom. The van der Waals surface area contributed by atoms with E-state index in [1.165, 1.54) is 36.4 Å². The second-order valence-electron chi connectivity index (χ2n) is 6.21. The Morgan fingerprint density at radius 2 is 1.16 bits per heavy atom. The smallest absolute Gasteiger partial charge is 0.465 e. The van der Waals surface area contributed by atoms with Gasteiger partial charge in [0, 0.05) is 11.1 Å². The zero-order valence-corrected chi connectivity index (χ0v) is 16.1. The topological polar surface area (TPSA) is 57.7 Å². The van der Waals surface area contributed by atoms with Crippen molar-refractivity contribution in [3.05, 3.63) is 66.2 Å². The summed E-state index contributed by atoms with van der Waals surface area (Å²) >= 11 is 0. The predicted octanol–water partition coefficient (Wildman–Crippen LogP) is 6.00. The lowest BCUT2D eigenvalue weighted by Gasteiger charge is -2.16. The summed E-state index contributed by atoms with van der Waals surface area (Å²) in [7, 11) is 1.07. The highest BCUT2D eigenvalue weighted by atomic mass is 19.4. The van der Waals surface area contributed by atoms with Crippen LogP contribution in [0.1, 0.15) is 10.4 Å². The van der Waals surface area contributed by atoms with Gasteiger partial charge < -0.3 is 14.2 Å². The number of esters is 1. The van der Waals surface area contributed by atoms with Gasteiger partial charge in [0.05, 0.1) is 24.1 Å². The Kier molecular flexibility index (Phi) is 6.28. The molecule has 3 aromatic rings. The Balaban J connectivity index is 2.21. The second kappa shape index (κ2) is 8.77. The van der Waals surface area contributed by atoms with E-state index in [9.17, 15) is 31.1 Å². The van der Waals surface area contributed by atoms with Crippen LogP contribution in [0.2, 0.25) is 0 Å². The number of methoxy groups -OCH3 is 1. The van der Waals surface area contributed by atoms with E-state index in [2.05, 4.69) is 19.2 Å². The maximum atomic E-state index is 12.8. The number of halogens is 6. The molecule has 0 unspecified atom stereocenters. The van der Waals surface area contributed by atoms with Crippen LogP contribution in [-0.4, -0.2) is 30.8 Å². The van der Waals surface area contributed by atoms with Crippen LogP contribution in [0.5, 0.6) is 11.5 Å². The van der Waals surface area contributed by atoms with E-state index in [0.29, 0.717) is 0 Å². The Labute approximate surface area is 177 Å². The molecule has 0 bridgehead atoms. The maximum Gasteiger partial charge on any atom is 0.573 e. The zero-order valence-electron chi connectivity index (χ0n) is 16.1. The van der Waals surface area contributed by atoms with Gasteiger partial charge in [-0.05, 0) is 36.4 Å². The molecule has 0 aliphatic rings. The van der Waals surface area contributed by atoms with Gasteiger partial charge in [-0.2, -0.15) is 0 Å². The number of pyridine rings is 1. The van der Waals surface area contributed by atoms with Crippen molar-refractivity contribution in [1.29, 1.82) is 0 Å². The van der Waals surface area contributed by atoms with Crippen LogP contribution in [0.25, 0.3) is 22.5 Å². The van der Waals surface area contributed by atoms with Crippen LogP contribution in [-0.2, 0) is 4.74 Å². The monoisotopic (exact) mass is 457 g/mol. The van der Waals surface area contributed by atoms with E-state index in [1.807, 2.05) is 0 Å². The van der Waals surface area contributed by atoms with Crippen LogP contribution >= 0.6 is 0 Å². The minimum atomic E-state index is -5.01. The zero-order chi connectivity index (χ0) is 23.5. The van der Waals surface area contributed by atoms with Gasteiger partial charge in [0.15, 0.2) is 0 Å². The standard InChI is InChI=1S/C21H13F6NO4/c1-30-19(29)12-10-15(13-6-2-4-8-17(13)31-20(22,23)24)28-16(11-12)14-7-3-5-9-18(14)32-21(25,26)27/h2-11H,1H3. The van der Waals surface area contributed by atoms with Crippen molar-refractivity contribution in [2.45, 2.75) is 12.7 Å². The average molecular weight is 457 g/mol. The lowest BCUT2D eigenvalue weighted by molar-refractivity contribution is -0.275. The molecule has 0 saturated heterocycles. The van der Waals surface area contributed by atoms with Crippen LogP contribution in [0.3, 0.4) is 0 Å². The highest BCUT2D eigenvalue weighted by Gasteiger charge is 2.33. The van der Waals surface area contributed by atoms with Gasteiger partial charge in [0.1, 0.15) is 11.5 Å². The van der Waals surface area contributed by atoms with Crippen molar-refractivity contribution < 1.29 is 45.3 Å². The summed E-state index contributed by atoms with van der Waals surface area (Å²) in [5, 5.41) is 0. The van der Waals surface area contributed by atoms with Crippen molar-refractivity contribution in [3.8, 4) is 34.0 Å².